The van der Waals surface area contributed by atoms with Gasteiger partial charge in [-0.15, -0.1) is 0 Å². The van der Waals surface area contributed by atoms with E-state index in [1.54, 1.807) is 18.2 Å². The summed E-state index contributed by atoms with van der Waals surface area (Å²) < 4.78 is 5.51. The Kier molecular flexibility index (Phi) is 6.72. The van der Waals surface area contributed by atoms with E-state index in [1.807, 2.05) is 6.07 Å². The fourth-order valence-electron chi connectivity index (χ4n) is 1.53. The van der Waals surface area contributed by atoms with Crippen molar-refractivity contribution < 1.29 is 9.53 Å². The van der Waals surface area contributed by atoms with Crippen LogP contribution in [0.15, 0.2) is 18.2 Å². The molecule has 102 valence electrons. The Labute approximate surface area is 117 Å². The average molecular weight is 282 g/mol. The first-order valence-electron chi connectivity index (χ1n) is 5.99. The highest BCUT2D eigenvalue weighted by Crippen LogP contribution is 2.22. The van der Waals surface area contributed by atoms with Crippen LogP contribution in [0.3, 0.4) is 0 Å². The van der Waals surface area contributed by atoms with Gasteiger partial charge in [-0.25, -0.2) is 5.84 Å². The number of hydrogen-bond acceptors (Lipinski definition) is 4. The Bertz CT molecular complexity index is 471. The molecule has 0 fully saturated rings. The van der Waals surface area contributed by atoms with Crippen molar-refractivity contribution in [2.24, 2.45) is 5.84 Å². The number of hydrogen-bond donors (Lipinski definition) is 2. The lowest BCUT2D eigenvalue weighted by Crippen LogP contribution is -2.29. The van der Waals surface area contributed by atoms with Gasteiger partial charge in [-0.2, -0.15) is 5.26 Å². The van der Waals surface area contributed by atoms with Gasteiger partial charge in [0.25, 0.3) is 0 Å². The standard InChI is InChI=1S/C13H16ClN3O2/c14-11-6-5-10(9-15)12(8-11)19-7-3-1-2-4-13(18)17-16/h5-6,8H,1-4,7,16H2,(H,17,18). The minimum absolute atomic E-state index is 0.164. The van der Waals surface area contributed by atoms with Crippen LogP contribution in [0.5, 0.6) is 5.75 Å². The molecule has 0 saturated carbocycles. The predicted molar refractivity (Wildman–Crippen MR) is 72.5 cm³/mol. The Hall–Kier alpha value is -1.77. The Balaban J connectivity index is 2.28. The highest BCUT2D eigenvalue weighted by molar-refractivity contribution is 6.30. The molecule has 3 N–H and O–H groups in total. The maximum absolute atomic E-state index is 10.9. The summed E-state index contributed by atoms with van der Waals surface area (Å²) >= 11 is 5.84. The van der Waals surface area contributed by atoms with Gasteiger partial charge < -0.3 is 4.74 Å². The minimum atomic E-state index is -0.164. The number of halogens is 1. The van der Waals surface area contributed by atoms with Gasteiger partial charge in [0.2, 0.25) is 5.91 Å². The van der Waals surface area contributed by atoms with Crippen molar-refractivity contribution in [3.05, 3.63) is 28.8 Å². The number of benzene rings is 1. The van der Waals surface area contributed by atoms with Crippen LogP contribution in [0.25, 0.3) is 0 Å². The van der Waals surface area contributed by atoms with Crippen LogP contribution in [-0.4, -0.2) is 12.5 Å². The van der Waals surface area contributed by atoms with Crippen LogP contribution in [-0.2, 0) is 4.79 Å². The quantitative estimate of drug-likeness (QED) is 0.347. The van der Waals surface area contributed by atoms with Gasteiger partial charge in [-0.3, -0.25) is 10.2 Å². The Morgan fingerprint density at radius 2 is 2.21 bits per heavy atom. The zero-order valence-electron chi connectivity index (χ0n) is 10.5. The number of nitrogens with one attached hydrogen (secondary N) is 1. The van der Waals surface area contributed by atoms with Crippen LogP contribution in [0.1, 0.15) is 31.2 Å². The second-order valence-corrected chi connectivity index (χ2v) is 4.42. The van der Waals surface area contributed by atoms with E-state index in [4.69, 9.17) is 27.4 Å². The molecule has 0 saturated heterocycles. The molecule has 0 aliphatic carbocycles. The first kappa shape index (κ1) is 15.3. The molecule has 0 radical (unpaired) electrons. The molecule has 1 rings (SSSR count). The summed E-state index contributed by atoms with van der Waals surface area (Å²) in [6, 6.07) is 6.95. The lowest BCUT2D eigenvalue weighted by molar-refractivity contribution is -0.121. The van der Waals surface area contributed by atoms with E-state index in [2.05, 4.69) is 5.43 Å². The first-order chi connectivity index (χ1) is 9.17. The van der Waals surface area contributed by atoms with Gasteiger partial charge >= 0.3 is 0 Å². The zero-order valence-corrected chi connectivity index (χ0v) is 11.2. The number of nitrogens with two attached hydrogens (primary N) is 1. The molecule has 1 aromatic carbocycles. The van der Waals surface area contributed by atoms with Crippen LogP contribution in [0, 0.1) is 11.3 Å². The number of nitrogens with zero attached hydrogens (tertiary/aromatic N) is 1. The largest absolute Gasteiger partial charge is 0.492 e. The fourth-order valence-corrected chi connectivity index (χ4v) is 1.69. The zero-order chi connectivity index (χ0) is 14.1. The molecule has 0 heterocycles. The van der Waals surface area contributed by atoms with E-state index in [9.17, 15) is 4.79 Å². The SMILES string of the molecule is N#Cc1ccc(Cl)cc1OCCCCCC(=O)NN. The molecule has 5 nitrogen and oxygen atoms in total. The molecule has 0 unspecified atom stereocenters. The van der Waals surface area contributed by atoms with Gasteiger partial charge in [0.05, 0.1) is 12.2 Å². The van der Waals surface area contributed by atoms with Crippen molar-refractivity contribution >= 4 is 17.5 Å². The van der Waals surface area contributed by atoms with Crippen molar-refractivity contribution in [1.82, 2.24) is 5.43 Å². The number of carbonyl (C=O) groups is 1. The van der Waals surface area contributed by atoms with Gasteiger partial charge in [0.1, 0.15) is 11.8 Å². The topological polar surface area (TPSA) is 88.1 Å². The molecule has 6 heteroatoms. The van der Waals surface area contributed by atoms with E-state index >= 15 is 0 Å². The minimum Gasteiger partial charge on any atom is -0.492 e. The molecule has 0 aliphatic rings. The summed E-state index contributed by atoms with van der Waals surface area (Å²) in [5.41, 5.74) is 2.55. The highest BCUT2D eigenvalue weighted by Gasteiger charge is 2.04. The molecule has 1 amide bonds. The van der Waals surface area contributed by atoms with Crippen LogP contribution >= 0.6 is 11.6 Å². The lowest BCUT2D eigenvalue weighted by Gasteiger charge is -2.08. The summed E-state index contributed by atoms with van der Waals surface area (Å²) in [6.07, 6.45) is 2.83. The van der Waals surface area contributed by atoms with Crippen molar-refractivity contribution in [3.63, 3.8) is 0 Å². The van der Waals surface area contributed by atoms with E-state index in [1.165, 1.54) is 0 Å². The monoisotopic (exact) mass is 281 g/mol. The van der Waals surface area contributed by atoms with E-state index in [0.29, 0.717) is 29.4 Å². The second-order valence-electron chi connectivity index (χ2n) is 3.98. The van der Waals surface area contributed by atoms with Gasteiger partial charge in [0.15, 0.2) is 0 Å². The van der Waals surface area contributed by atoms with E-state index in [-0.39, 0.29) is 5.91 Å². The summed E-state index contributed by atoms with van der Waals surface area (Å²) in [4.78, 5) is 10.9. The molecular weight excluding hydrogens is 266 g/mol. The predicted octanol–water partition coefficient (Wildman–Crippen LogP) is 2.14. The third-order valence-corrected chi connectivity index (χ3v) is 2.77. The number of unbranched alkanes of at least 4 members (excludes halogenated alkanes) is 2. The van der Waals surface area contributed by atoms with Crippen LogP contribution in [0.2, 0.25) is 5.02 Å². The number of nitriles is 1. The van der Waals surface area contributed by atoms with Gasteiger partial charge in [0, 0.05) is 17.5 Å². The molecular formula is C13H16ClN3O2. The number of ether oxygens (including phenoxy) is 1. The number of amides is 1. The second kappa shape index (κ2) is 8.35. The van der Waals surface area contributed by atoms with Crippen LogP contribution < -0.4 is 16.0 Å². The smallest absolute Gasteiger partial charge is 0.233 e. The molecule has 0 bridgehead atoms. The first-order valence-corrected chi connectivity index (χ1v) is 6.37. The Morgan fingerprint density at radius 3 is 2.89 bits per heavy atom. The maximum Gasteiger partial charge on any atom is 0.233 e. The van der Waals surface area contributed by atoms with Crippen molar-refractivity contribution in [3.8, 4) is 11.8 Å². The summed E-state index contributed by atoms with van der Waals surface area (Å²) in [5.74, 6) is 5.30. The summed E-state index contributed by atoms with van der Waals surface area (Å²) in [5, 5.41) is 9.44. The van der Waals surface area contributed by atoms with Crippen molar-refractivity contribution in [1.29, 1.82) is 5.26 Å². The summed E-state index contributed by atoms with van der Waals surface area (Å²) in [6.45, 7) is 0.485. The van der Waals surface area contributed by atoms with E-state index < -0.39 is 0 Å². The molecule has 0 spiro atoms. The van der Waals surface area contributed by atoms with Crippen molar-refractivity contribution in [2.45, 2.75) is 25.7 Å². The fraction of sp³-hybridized carbons (Fsp3) is 0.385. The average Bonchev–Trinajstić information content (AvgIpc) is 2.42. The van der Waals surface area contributed by atoms with Gasteiger partial charge in [-0.1, -0.05) is 11.6 Å². The normalized spacial score (nSPS) is 9.74. The molecule has 0 atom stereocenters. The van der Waals surface area contributed by atoms with E-state index in [0.717, 1.165) is 19.3 Å². The molecule has 0 aromatic heterocycles. The van der Waals surface area contributed by atoms with Crippen molar-refractivity contribution in [2.75, 3.05) is 6.61 Å². The molecule has 1 aromatic rings. The number of rotatable bonds is 7. The molecule has 19 heavy (non-hydrogen) atoms. The number of hydrazine groups is 1. The summed E-state index contributed by atoms with van der Waals surface area (Å²) in [7, 11) is 0. The third kappa shape index (κ3) is 5.60. The van der Waals surface area contributed by atoms with Gasteiger partial charge in [-0.05, 0) is 31.4 Å². The number of carbonyl (C=O) groups excluding carboxylic acids is 1. The maximum atomic E-state index is 10.9. The Morgan fingerprint density at radius 1 is 1.42 bits per heavy atom. The lowest BCUT2D eigenvalue weighted by atomic mass is 10.2. The molecule has 0 aliphatic heterocycles. The third-order valence-electron chi connectivity index (χ3n) is 2.53. The van der Waals surface area contributed by atoms with Crippen LogP contribution in [0.4, 0.5) is 0 Å². The highest BCUT2D eigenvalue weighted by atomic mass is 35.5.